The molecule has 1 rings (SSSR count). The number of benzene rings is 1. The van der Waals surface area contributed by atoms with Crippen molar-refractivity contribution in [3.05, 3.63) is 29.8 Å². The van der Waals surface area contributed by atoms with Gasteiger partial charge in [-0.25, -0.2) is 13.6 Å². The largest absolute Gasteiger partial charge is 0.454 e. The number of esters is 1. The Morgan fingerprint density at radius 1 is 1.22 bits per heavy atom. The number of rotatable bonds is 5. The van der Waals surface area contributed by atoms with Crippen molar-refractivity contribution in [2.45, 2.75) is 0 Å². The van der Waals surface area contributed by atoms with Crippen molar-refractivity contribution in [3.8, 4) is 0 Å². The second kappa shape index (κ2) is 6.65. The third-order valence-corrected chi connectivity index (χ3v) is 1.85. The number of nitrogens with one attached hydrogen (secondary N) is 1. The van der Waals surface area contributed by atoms with Crippen LogP contribution in [0, 0.1) is 11.6 Å². The van der Waals surface area contributed by atoms with Gasteiger partial charge in [-0.3, -0.25) is 4.79 Å². The molecule has 0 aliphatic heterocycles. The maximum Gasteiger partial charge on any atom is 0.332 e. The Hall–Kier alpha value is -2.02. The summed E-state index contributed by atoms with van der Waals surface area (Å²) in [4.78, 5) is 22.1. The van der Waals surface area contributed by atoms with Gasteiger partial charge in [0.2, 0.25) is 0 Å². The molecule has 0 aliphatic carbocycles. The lowest BCUT2D eigenvalue weighted by molar-refractivity contribution is -0.150. The fourth-order valence-electron chi connectivity index (χ4n) is 1.10. The third kappa shape index (κ3) is 4.10. The van der Waals surface area contributed by atoms with Crippen LogP contribution in [0.5, 0.6) is 0 Å². The molecule has 1 aromatic carbocycles. The van der Waals surface area contributed by atoms with E-state index in [1.807, 2.05) is 5.32 Å². The minimum absolute atomic E-state index is 0.304. The molecule has 0 aliphatic rings. The Morgan fingerprint density at radius 3 is 2.39 bits per heavy atom. The van der Waals surface area contributed by atoms with Gasteiger partial charge in [-0.1, -0.05) is 6.07 Å². The highest BCUT2D eigenvalue weighted by Crippen LogP contribution is 2.17. The number of hydrogen-bond donors (Lipinski definition) is 1. The summed E-state index contributed by atoms with van der Waals surface area (Å²) in [5.41, 5.74) is -0.578. The molecule has 0 spiro atoms. The Labute approximate surface area is 102 Å². The molecule has 98 valence electrons. The predicted octanol–water partition coefficient (Wildman–Crippen LogP) is 1.09. The van der Waals surface area contributed by atoms with Gasteiger partial charge in [0, 0.05) is 7.11 Å². The highest BCUT2D eigenvalue weighted by Gasteiger charge is 2.13. The molecule has 1 aromatic rings. The Morgan fingerprint density at radius 2 is 1.83 bits per heavy atom. The van der Waals surface area contributed by atoms with E-state index in [9.17, 15) is 18.4 Å². The Bertz CT molecular complexity index is 430. The van der Waals surface area contributed by atoms with Crippen molar-refractivity contribution in [1.82, 2.24) is 0 Å². The lowest BCUT2D eigenvalue weighted by Crippen LogP contribution is -2.23. The molecule has 0 bridgehead atoms. The minimum atomic E-state index is -0.911. The van der Waals surface area contributed by atoms with Gasteiger partial charge < -0.3 is 14.8 Å². The zero-order chi connectivity index (χ0) is 13.5. The highest BCUT2D eigenvalue weighted by atomic mass is 19.1. The summed E-state index contributed by atoms with van der Waals surface area (Å²) in [6.45, 7) is -0.947. The van der Waals surface area contributed by atoms with Crippen LogP contribution in [0.3, 0.4) is 0 Å². The van der Waals surface area contributed by atoms with Crippen LogP contribution in [0.1, 0.15) is 0 Å². The van der Waals surface area contributed by atoms with Crippen LogP contribution >= 0.6 is 0 Å². The predicted molar refractivity (Wildman–Crippen MR) is 57.8 cm³/mol. The fourth-order valence-corrected chi connectivity index (χ4v) is 1.10. The summed E-state index contributed by atoms with van der Waals surface area (Å²) in [6, 6.07) is 3.16. The van der Waals surface area contributed by atoms with Crippen molar-refractivity contribution in [1.29, 1.82) is 0 Å². The quantitative estimate of drug-likeness (QED) is 0.804. The summed E-state index contributed by atoms with van der Waals surface area (Å²) in [7, 11) is 1.29. The van der Waals surface area contributed by atoms with Crippen LogP contribution in [-0.2, 0) is 19.1 Å². The molecule has 0 saturated carbocycles. The van der Waals surface area contributed by atoms with E-state index >= 15 is 0 Å². The molecule has 0 radical (unpaired) electrons. The van der Waals surface area contributed by atoms with Crippen LogP contribution in [0.4, 0.5) is 14.5 Å². The number of para-hydroxylation sites is 1. The van der Waals surface area contributed by atoms with Crippen molar-refractivity contribution in [2.75, 3.05) is 25.6 Å². The molecule has 1 N–H and O–H groups in total. The Kier molecular flexibility index (Phi) is 5.19. The summed E-state index contributed by atoms with van der Waals surface area (Å²) in [5.74, 6) is -3.41. The van der Waals surface area contributed by atoms with E-state index in [4.69, 9.17) is 0 Å². The minimum Gasteiger partial charge on any atom is -0.454 e. The average molecular weight is 259 g/mol. The number of anilines is 1. The van der Waals surface area contributed by atoms with Crippen molar-refractivity contribution in [3.63, 3.8) is 0 Å². The first-order valence-corrected chi connectivity index (χ1v) is 4.93. The molecule has 5 nitrogen and oxygen atoms in total. The van der Waals surface area contributed by atoms with Gasteiger partial charge in [-0.15, -0.1) is 0 Å². The van der Waals surface area contributed by atoms with E-state index in [1.165, 1.54) is 13.2 Å². The first-order valence-electron chi connectivity index (χ1n) is 4.93. The molecule has 0 saturated heterocycles. The Balaban J connectivity index is 2.52. The smallest absolute Gasteiger partial charge is 0.332 e. The van der Waals surface area contributed by atoms with Gasteiger partial charge in [0.1, 0.15) is 23.9 Å². The number of hydrogen-bond acceptors (Lipinski definition) is 4. The molecule has 18 heavy (non-hydrogen) atoms. The SMILES string of the molecule is COCC(=O)OCC(=O)Nc1c(F)cccc1F. The van der Waals surface area contributed by atoms with E-state index in [2.05, 4.69) is 9.47 Å². The molecule has 0 aromatic heterocycles. The molecule has 1 amide bonds. The number of carbonyl (C=O) groups excluding carboxylic acids is 2. The average Bonchev–Trinajstić information content (AvgIpc) is 2.32. The van der Waals surface area contributed by atoms with Crippen LogP contribution in [0.15, 0.2) is 18.2 Å². The van der Waals surface area contributed by atoms with E-state index in [-0.39, 0.29) is 6.61 Å². The zero-order valence-electron chi connectivity index (χ0n) is 9.54. The summed E-state index contributed by atoms with van der Waals surface area (Å²) in [5, 5.41) is 1.97. The molecule has 0 heterocycles. The normalized spacial score (nSPS) is 9.94. The second-order valence-electron chi connectivity index (χ2n) is 3.24. The third-order valence-electron chi connectivity index (χ3n) is 1.85. The molecule has 0 atom stereocenters. The van der Waals surface area contributed by atoms with Crippen molar-refractivity contribution >= 4 is 17.6 Å². The van der Waals surface area contributed by atoms with Gasteiger partial charge in [0.05, 0.1) is 0 Å². The van der Waals surface area contributed by atoms with Crippen LogP contribution in [0.2, 0.25) is 0 Å². The first-order chi connectivity index (χ1) is 8.54. The standard InChI is InChI=1S/C11H11F2NO4/c1-17-6-10(16)18-5-9(15)14-11-7(12)3-2-4-8(11)13/h2-4H,5-6H2,1H3,(H,14,15). The van der Waals surface area contributed by atoms with Crippen LogP contribution < -0.4 is 5.32 Å². The lowest BCUT2D eigenvalue weighted by atomic mass is 10.3. The van der Waals surface area contributed by atoms with Crippen LogP contribution in [-0.4, -0.2) is 32.2 Å². The van der Waals surface area contributed by atoms with E-state index in [1.54, 1.807) is 0 Å². The van der Waals surface area contributed by atoms with Gasteiger partial charge in [-0.05, 0) is 12.1 Å². The monoisotopic (exact) mass is 259 g/mol. The molecular weight excluding hydrogens is 248 g/mol. The van der Waals surface area contributed by atoms with Crippen LogP contribution in [0.25, 0.3) is 0 Å². The number of carbonyl (C=O) groups is 2. The second-order valence-corrected chi connectivity index (χ2v) is 3.24. The molecule has 0 fully saturated rings. The summed E-state index contributed by atoms with van der Waals surface area (Å²) < 4.78 is 35.2. The van der Waals surface area contributed by atoms with Gasteiger partial charge >= 0.3 is 5.97 Å². The van der Waals surface area contributed by atoms with Crippen molar-refractivity contribution in [2.24, 2.45) is 0 Å². The van der Waals surface area contributed by atoms with Gasteiger partial charge in [-0.2, -0.15) is 0 Å². The first kappa shape index (κ1) is 14.0. The van der Waals surface area contributed by atoms with E-state index in [0.717, 1.165) is 12.1 Å². The zero-order valence-corrected chi connectivity index (χ0v) is 9.54. The molecular formula is C11H11F2NO4. The number of ether oxygens (including phenoxy) is 2. The topological polar surface area (TPSA) is 64.6 Å². The van der Waals surface area contributed by atoms with E-state index in [0.29, 0.717) is 0 Å². The van der Waals surface area contributed by atoms with E-state index < -0.39 is 35.8 Å². The maximum absolute atomic E-state index is 13.1. The maximum atomic E-state index is 13.1. The number of amides is 1. The molecule has 7 heteroatoms. The number of methoxy groups -OCH3 is 1. The highest BCUT2D eigenvalue weighted by molar-refractivity contribution is 5.93. The summed E-state index contributed by atoms with van der Waals surface area (Å²) in [6.07, 6.45) is 0. The van der Waals surface area contributed by atoms with Gasteiger partial charge in [0.15, 0.2) is 6.61 Å². The number of halogens is 2. The van der Waals surface area contributed by atoms with Crippen molar-refractivity contribution < 1.29 is 27.8 Å². The lowest BCUT2D eigenvalue weighted by Gasteiger charge is -2.07. The molecule has 0 unspecified atom stereocenters. The summed E-state index contributed by atoms with van der Waals surface area (Å²) >= 11 is 0. The van der Waals surface area contributed by atoms with Gasteiger partial charge in [0.25, 0.3) is 5.91 Å². The fraction of sp³-hybridized carbons (Fsp3) is 0.273.